The number of alkyl carbamates (subject to hydrolysis) is 1. The van der Waals surface area contributed by atoms with Crippen LogP contribution >= 0.6 is 11.6 Å². The molecule has 5 rings (SSSR count). The SMILES string of the molecule is Cc1cc(Cl)ccc1-c1cnn(C)n1.O=C(O)CNC(=O)OCC1c2ccccc2-c2ccccc21. The number of fused-ring (bicyclic) bond motifs is 3. The Kier molecular flexibility index (Phi) is 7.65. The molecule has 1 aliphatic rings. The highest BCUT2D eigenvalue weighted by atomic mass is 35.5. The maximum Gasteiger partial charge on any atom is 0.407 e. The highest BCUT2D eigenvalue weighted by molar-refractivity contribution is 6.30. The van der Waals surface area contributed by atoms with Gasteiger partial charge in [0.05, 0.1) is 6.20 Å². The van der Waals surface area contributed by atoms with E-state index in [4.69, 9.17) is 21.4 Å². The summed E-state index contributed by atoms with van der Waals surface area (Å²) >= 11 is 5.87. The smallest absolute Gasteiger partial charge is 0.407 e. The number of aryl methyl sites for hydroxylation is 2. The molecule has 0 radical (unpaired) electrons. The van der Waals surface area contributed by atoms with E-state index >= 15 is 0 Å². The number of aliphatic carboxylic acids is 1. The number of aromatic nitrogens is 3. The molecule has 0 atom stereocenters. The summed E-state index contributed by atoms with van der Waals surface area (Å²) in [6, 6.07) is 21.8. The second-order valence-electron chi connectivity index (χ2n) is 8.25. The molecule has 3 aromatic carbocycles. The van der Waals surface area contributed by atoms with Gasteiger partial charge in [-0.1, -0.05) is 66.2 Å². The molecule has 4 aromatic rings. The van der Waals surface area contributed by atoms with Gasteiger partial charge in [-0.3, -0.25) is 4.79 Å². The normalized spacial score (nSPS) is 11.6. The predicted octanol–water partition coefficient (Wildman–Crippen LogP) is 5.05. The summed E-state index contributed by atoms with van der Waals surface area (Å²) in [5.74, 6) is -1.13. The quantitative estimate of drug-likeness (QED) is 0.394. The summed E-state index contributed by atoms with van der Waals surface area (Å²) in [7, 11) is 1.80. The Morgan fingerprint density at radius 1 is 1.03 bits per heavy atom. The molecule has 8 nitrogen and oxygen atoms in total. The van der Waals surface area contributed by atoms with Gasteiger partial charge >= 0.3 is 12.1 Å². The van der Waals surface area contributed by atoms with Crippen LogP contribution in [0.2, 0.25) is 5.02 Å². The van der Waals surface area contributed by atoms with Gasteiger partial charge in [-0.2, -0.15) is 15.0 Å². The number of rotatable bonds is 5. The highest BCUT2D eigenvalue weighted by Crippen LogP contribution is 2.44. The van der Waals surface area contributed by atoms with Gasteiger partial charge in [-0.15, -0.1) is 0 Å². The maximum absolute atomic E-state index is 11.5. The number of carboxylic acid groups (broad SMARTS) is 1. The first kappa shape index (κ1) is 24.9. The fourth-order valence-corrected chi connectivity index (χ4v) is 4.41. The molecule has 0 spiro atoms. The summed E-state index contributed by atoms with van der Waals surface area (Å²) in [6.45, 7) is 1.74. The van der Waals surface area contributed by atoms with Gasteiger partial charge in [-0.25, -0.2) is 4.79 Å². The summed E-state index contributed by atoms with van der Waals surface area (Å²) in [6.07, 6.45) is 1.03. The van der Waals surface area contributed by atoms with Crippen molar-refractivity contribution in [1.29, 1.82) is 0 Å². The Labute approximate surface area is 213 Å². The third-order valence-electron chi connectivity index (χ3n) is 5.79. The van der Waals surface area contributed by atoms with E-state index < -0.39 is 18.6 Å². The van der Waals surface area contributed by atoms with Crippen LogP contribution in [0.5, 0.6) is 0 Å². The number of carbonyl (C=O) groups excluding carboxylic acids is 1. The van der Waals surface area contributed by atoms with E-state index in [0.29, 0.717) is 0 Å². The molecule has 0 aliphatic heterocycles. The summed E-state index contributed by atoms with van der Waals surface area (Å²) in [4.78, 5) is 23.5. The molecule has 1 heterocycles. The lowest BCUT2D eigenvalue weighted by atomic mass is 9.98. The van der Waals surface area contributed by atoms with Crippen molar-refractivity contribution < 1.29 is 19.4 Å². The molecule has 0 unspecified atom stereocenters. The molecule has 0 saturated heterocycles. The Hall–Kier alpha value is -4.17. The topological polar surface area (TPSA) is 106 Å². The minimum Gasteiger partial charge on any atom is -0.480 e. The molecular weight excluding hydrogens is 480 g/mol. The van der Waals surface area contributed by atoms with Gasteiger partial charge < -0.3 is 15.2 Å². The highest BCUT2D eigenvalue weighted by Gasteiger charge is 2.28. The molecule has 0 bridgehead atoms. The monoisotopic (exact) mass is 504 g/mol. The molecule has 2 N–H and O–H groups in total. The van der Waals surface area contributed by atoms with Crippen molar-refractivity contribution in [2.24, 2.45) is 7.05 Å². The fraction of sp³-hybridized carbons (Fsp3) is 0.185. The average molecular weight is 505 g/mol. The van der Waals surface area contributed by atoms with Gasteiger partial charge in [0.15, 0.2) is 0 Å². The largest absolute Gasteiger partial charge is 0.480 e. The van der Waals surface area contributed by atoms with Crippen molar-refractivity contribution in [2.45, 2.75) is 12.8 Å². The Morgan fingerprint density at radius 3 is 2.22 bits per heavy atom. The second-order valence-corrected chi connectivity index (χ2v) is 8.69. The van der Waals surface area contributed by atoms with E-state index in [0.717, 1.165) is 44.1 Å². The minimum atomic E-state index is -1.10. The van der Waals surface area contributed by atoms with Crippen molar-refractivity contribution in [3.8, 4) is 22.4 Å². The van der Waals surface area contributed by atoms with E-state index in [2.05, 4.69) is 27.6 Å². The van der Waals surface area contributed by atoms with Crippen LogP contribution in [0.25, 0.3) is 22.4 Å². The van der Waals surface area contributed by atoms with Gasteiger partial charge in [0.2, 0.25) is 0 Å². The standard InChI is InChI=1S/C17H15NO4.C10H10ClN3/c19-16(20)9-18-17(21)22-10-15-13-7-3-1-5-11(13)12-6-2-4-8-14(12)15;1-7-5-8(11)3-4-9(7)10-6-12-14(2)13-10/h1-8,15H,9-10H2,(H,18,21)(H,19,20);3-6H,1-2H3. The number of nitrogens with one attached hydrogen (secondary N) is 1. The van der Waals surface area contributed by atoms with E-state index in [9.17, 15) is 9.59 Å². The van der Waals surface area contributed by atoms with Crippen LogP contribution in [0.1, 0.15) is 22.6 Å². The van der Waals surface area contributed by atoms with Crippen LogP contribution in [0, 0.1) is 6.92 Å². The molecule has 1 aliphatic carbocycles. The van der Waals surface area contributed by atoms with Crippen molar-refractivity contribution >= 4 is 23.7 Å². The zero-order chi connectivity index (χ0) is 25.7. The Morgan fingerprint density at radius 2 is 1.67 bits per heavy atom. The number of nitrogens with zero attached hydrogens (tertiary/aromatic N) is 3. The van der Waals surface area contributed by atoms with Crippen LogP contribution in [-0.4, -0.2) is 45.3 Å². The number of hydrogen-bond donors (Lipinski definition) is 2. The molecule has 1 aromatic heterocycles. The van der Waals surface area contributed by atoms with E-state index in [1.54, 1.807) is 18.0 Å². The number of carboxylic acids is 1. The number of hydrogen-bond acceptors (Lipinski definition) is 5. The van der Waals surface area contributed by atoms with Crippen LogP contribution in [0.15, 0.2) is 72.9 Å². The molecular formula is C27H25ClN4O4. The fourth-order valence-electron chi connectivity index (χ4n) is 4.18. The van der Waals surface area contributed by atoms with Crippen molar-refractivity contribution in [2.75, 3.05) is 13.2 Å². The van der Waals surface area contributed by atoms with Gasteiger partial charge in [0.1, 0.15) is 18.8 Å². The lowest BCUT2D eigenvalue weighted by Gasteiger charge is -2.14. The number of ether oxygens (including phenoxy) is 1. The van der Waals surface area contributed by atoms with Crippen LogP contribution in [0.3, 0.4) is 0 Å². The van der Waals surface area contributed by atoms with Crippen molar-refractivity contribution in [3.63, 3.8) is 0 Å². The van der Waals surface area contributed by atoms with Crippen molar-refractivity contribution in [3.05, 3.63) is 94.6 Å². The Balaban J connectivity index is 0.000000187. The number of halogens is 1. The van der Waals surface area contributed by atoms with Gasteiger partial charge in [-0.05, 0) is 46.9 Å². The first-order valence-corrected chi connectivity index (χ1v) is 11.6. The predicted molar refractivity (Wildman–Crippen MR) is 137 cm³/mol. The molecule has 0 fully saturated rings. The number of carbonyl (C=O) groups is 2. The third kappa shape index (κ3) is 5.72. The van der Waals surface area contributed by atoms with Gasteiger partial charge in [0.25, 0.3) is 0 Å². The van der Waals surface area contributed by atoms with Gasteiger partial charge in [0, 0.05) is 23.6 Å². The van der Waals surface area contributed by atoms with E-state index in [1.165, 1.54) is 0 Å². The maximum atomic E-state index is 11.5. The molecule has 184 valence electrons. The lowest BCUT2D eigenvalue weighted by Crippen LogP contribution is -2.30. The third-order valence-corrected chi connectivity index (χ3v) is 6.03. The van der Waals surface area contributed by atoms with Crippen LogP contribution in [0.4, 0.5) is 4.79 Å². The number of benzene rings is 3. The zero-order valence-electron chi connectivity index (χ0n) is 19.8. The lowest BCUT2D eigenvalue weighted by molar-refractivity contribution is -0.135. The number of amides is 1. The molecule has 0 saturated carbocycles. The minimum absolute atomic E-state index is 0.0250. The van der Waals surface area contributed by atoms with Crippen LogP contribution < -0.4 is 5.32 Å². The summed E-state index contributed by atoms with van der Waals surface area (Å²) < 4.78 is 5.18. The summed E-state index contributed by atoms with van der Waals surface area (Å²) in [5.41, 5.74) is 7.60. The Bertz CT molecular complexity index is 1360. The van der Waals surface area contributed by atoms with Crippen LogP contribution in [-0.2, 0) is 16.6 Å². The van der Waals surface area contributed by atoms with E-state index in [-0.39, 0.29) is 12.5 Å². The zero-order valence-corrected chi connectivity index (χ0v) is 20.6. The molecule has 36 heavy (non-hydrogen) atoms. The average Bonchev–Trinajstić information content (AvgIpc) is 3.43. The molecule has 1 amide bonds. The molecule has 9 heteroatoms. The van der Waals surface area contributed by atoms with Crippen molar-refractivity contribution in [1.82, 2.24) is 20.3 Å². The van der Waals surface area contributed by atoms with E-state index in [1.807, 2.05) is 61.5 Å². The second kappa shape index (κ2) is 11.0. The summed E-state index contributed by atoms with van der Waals surface area (Å²) in [5, 5.41) is 19.7. The first-order valence-electron chi connectivity index (χ1n) is 11.3. The first-order chi connectivity index (χ1) is 17.3.